The van der Waals surface area contributed by atoms with Crippen molar-refractivity contribution >= 4 is 5.97 Å². The number of hydrogen-bond acceptors (Lipinski definition) is 4. The summed E-state index contributed by atoms with van der Waals surface area (Å²) in [6.45, 7) is 1.81. The number of rotatable bonds is 6. The Morgan fingerprint density at radius 2 is 1.32 bits per heavy atom. The second kappa shape index (κ2) is 7.88. The van der Waals surface area contributed by atoms with Crippen molar-refractivity contribution in [1.29, 1.82) is 0 Å². The van der Waals surface area contributed by atoms with Gasteiger partial charge in [-0.05, 0) is 18.1 Å². The van der Waals surface area contributed by atoms with Crippen molar-refractivity contribution in [3.63, 3.8) is 0 Å². The number of aliphatic hydroxyl groups is 1. The van der Waals surface area contributed by atoms with E-state index in [0.717, 1.165) is 11.1 Å². The van der Waals surface area contributed by atoms with Gasteiger partial charge in [0.25, 0.3) is 5.95 Å². The first-order valence-electron chi connectivity index (χ1n) is 6.94. The van der Waals surface area contributed by atoms with Gasteiger partial charge in [0.2, 0.25) is 0 Å². The molecule has 0 saturated carbocycles. The normalized spacial score (nSPS) is 11.5. The molecule has 0 unspecified atom stereocenters. The van der Waals surface area contributed by atoms with Crippen molar-refractivity contribution in [2.24, 2.45) is 0 Å². The van der Waals surface area contributed by atoms with Crippen LogP contribution in [0.3, 0.4) is 0 Å². The number of carbonyl (C=O) groups excluding carboxylic acids is 1. The van der Waals surface area contributed by atoms with E-state index in [0.29, 0.717) is 0 Å². The molecular formula is C18H18O4. The molecule has 4 nitrogen and oxygen atoms in total. The standard InChI is InChI=1S/C18H18O4/c1-14(17(19)21-12-15-8-4-2-5-9-15)18(20)22-13-16-10-6-3-7-11-16/h2-11,19H,12-13H2,1H3/b17-14+. The lowest BCUT2D eigenvalue weighted by atomic mass is 10.2. The van der Waals surface area contributed by atoms with E-state index in [2.05, 4.69) is 0 Å². The Bertz CT molecular complexity index is 633. The Balaban J connectivity index is 1.87. The van der Waals surface area contributed by atoms with Gasteiger partial charge in [-0.2, -0.15) is 0 Å². The number of esters is 1. The molecule has 114 valence electrons. The highest BCUT2D eigenvalue weighted by Gasteiger charge is 2.13. The van der Waals surface area contributed by atoms with Gasteiger partial charge >= 0.3 is 5.97 Å². The van der Waals surface area contributed by atoms with Crippen LogP contribution in [-0.2, 0) is 27.5 Å². The van der Waals surface area contributed by atoms with E-state index in [4.69, 9.17) is 9.47 Å². The molecule has 0 aliphatic heterocycles. The van der Waals surface area contributed by atoms with Crippen molar-refractivity contribution in [1.82, 2.24) is 0 Å². The molecule has 1 N–H and O–H groups in total. The molecule has 0 fully saturated rings. The van der Waals surface area contributed by atoms with Gasteiger partial charge in [-0.15, -0.1) is 0 Å². The Morgan fingerprint density at radius 1 is 0.864 bits per heavy atom. The maximum atomic E-state index is 11.8. The SMILES string of the molecule is C/C(C(=O)OCc1ccccc1)=C(/O)OCc1ccccc1. The van der Waals surface area contributed by atoms with Crippen LogP contribution in [0, 0.1) is 0 Å². The van der Waals surface area contributed by atoms with Crippen molar-refractivity contribution in [2.75, 3.05) is 0 Å². The Hall–Kier alpha value is -2.75. The fourth-order valence-corrected chi connectivity index (χ4v) is 1.75. The lowest BCUT2D eigenvalue weighted by Crippen LogP contribution is -2.09. The minimum Gasteiger partial charge on any atom is -0.481 e. The van der Waals surface area contributed by atoms with Gasteiger partial charge in [-0.25, -0.2) is 4.79 Å². The van der Waals surface area contributed by atoms with Crippen LogP contribution in [0.25, 0.3) is 0 Å². The molecule has 0 aromatic heterocycles. The minimum atomic E-state index is -0.602. The predicted octanol–water partition coefficient (Wildman–Crippen LogP) is 3.74. The number of ether oxygens (including phenoxy) is 2. The third-order valence-electron chi connectivity index (χ3n) is 3.06. The average molecular weight is 298 g/mol. The van der Waals surface area contributed by atoms with Gasteiger partial charge in [-0.1, -0.05) is 60.7 Å². The predicted molar refractivity (Wildman–Crippen MR) is 82.8 cm³/mol. The van der Waals surface area contributed by atoms with Crippen LogP contribution >= 0.6 is 0 Å². The molecule has 0 radical (unpaired) electrons. The van der Waals surface area contributed by atoms with E-state index >= 15 is 0 Å². The van der Waals surface area contributed by atoms with Gasteiger partial charge in [0.1, 0.15) is 18.8 Å². The zero-order valence-electron chi connectivity index (χ0n) is 12.4. The summed E-state index contributed by atoms with van der Waals surface area (Å²) in [6.07, 6.45) is 0. The minimum absolute atomic E-state index is 0.0480. The van der Waals surface area contributed by atoms with E-state index < -0.39 is 11.9 Å². The molecule has 0 heterocycles. The third kappa shape index (κ3) is 4.66. The van der Waals surface area contributed by atoms with Crippen LogP contribution in [0.5, 0.6) is 0 Å². The molecule has 2 aromatic rings. The van der Waals surface area contributed by atoms with Crippen molar-refractivity contribution in [2.45, 2.75) is 20.1 Å². The molecule has 0 bridgehead atoms. The van der Waals surface area contributed by atoms with Crippen LogP contribution in [0.2, 0.25) is 0 Å². The second-order valence-electron chi connectivity index (χ2n) is 4.77. The molecule has 0 aliphatic carbocycles. The molecular weight excluding hydrogens is 280 g/mol. The Kier molecular flexibility index (Phi) is 5.60. The Morgan fingerprint density at radius 3 is 1.82 bits per heavy atom. The molecule has 0 amide bonds. The lowest BCUT2D eigenvalue weighted by molar-refractivity contribution is -0.141. The quantitative estimate of drug-likeness (QED) is 0.501. The fraction of sp³-hybridized carbons (Fsp3) is 0.167. The van der Waals surface area contributed by atoms with Gasteiger partial charge in [0.05, 0.1) is 0 Å². The molecule has 4 heteroatoms. The van der Waals surface area contributed by atoms with Crippen LogP contribution in [0.1, 0.15) is 18.1 Å². The largest absolute Gasteiger partial charge is 0.481 e. The summed E-state index contributed by atoms with van der Waals surface area (Å²) < 4.78 is 10.3. The topological polar surface area (TPSA) is 55.8 Å². The summed E-state index contributed by atoms with van der Waals surface area (Å²) in [5, 5.41) is 9.80. The monoisotopic (exact) mass is 298 g/mol. The van der Waals surface area contributed by atoms with Crippen molar-refractivity contribution in [3.05, 3.63) is 83.3 Å². The summed E-state index contributed by atoms with van der Waals surface area (Å²) in [5.41, 5.74) is 1.83. The molecule has 2 rings (SSSR count). The summed E-state index contributed by atoms with van der Waals surface area (Å²) in [7, 11) is 0. The lowest BCUT2D eigenvalue weighted by Gasteiger charge is -2.09. The summed E-state index contributed by atoms with van der Waals surface area (Å²) in [5.74, 6) is -1.02. The average Bonchev–Trinajstić information content (AvgIpc) is 2.58. The van der Waals surface area contributed by atoms with Crippen molar-refractivity contribution in [3.8, 4) is 0 Å². The highest BCUT2D eigenvalue weighted by molar-refractivity contribution is 5.87. The first-order valence-corrected chi connectivity index (χ1v) is 6.94. The first-order chi connectivity index (χ1) is 10.7. The summed E-state index contributed by atoms with van der Waals surface area (Å²) in [4.78, 5) is 11.8. The molecule has 0 spiro atoms. The van der Waals surface area contributed by atoms with Gasteiger partial charge in [0, 0.05) is 0 Å². The van der Waals surface area contributed by atoms with E-state index in [9.17, 15) is 9.90 Å². The van der Waals surface area contributed by atoms with Gasteiger partial charge in [-0.3, -0.25) is 0 Å². The van der Waals surface area contributed by atoms with E-state index in [-0.39, 0.29) is 18.8 Å². The van der Waals surface area contributed by atoms with E-state index in [1.165, 1.54) is 6.92 Å². The Labute approximate surface area is 129 Å². The molecule has 22 heavy (non-hydrogen) atoms. The van der Waals surface area contributed by atoms with Crippen LogP contribution < -0.4 is 0 Å². The second-order valence-corrected chi connectivity index (χ2v) is 4.77. The van der Waals surface area contributed by atoms with Crippen LogP contribution in [0.15, 0.2) is 72.2 Å². The summed E-state index contributed by atoms with van der Waals surface area (Å²) in [6, 6.07) is 18.7. The number of hydrogen-bond donors (Lipinski definition) is 1. The van der Waals surface area contributed by atoms with E-state index in [1.54, 1.807) is 0 Å². The highest BCUT2D eigenvalue weighted by Crippen LogP contribution is 2.10. The number of carbonyl (C=O) groups is 1. The smallest absolute Gasteiger partial charge is 0.341 e. The maximum Gasteiger partial charge on any atom is 0.341 e. The fourth-order valence-electron chi connectivity index (χ4n) is 1.75. The first kappa shape index (κ1) is 15.6. The molecule has 0 aliphatic rings. The zero-order chi connectivity index (χ0) is 15.8. The zero-order valence-corrected chi connectivity index (χ0v) is 12.4. The number of aliphatic hydroxyl groups excluding tert-OH is 1. The van der Waals surface area contributed by atoms with Gasteiger partial charge in [0.15, 0.2) is 0 Å². The number of benzene rings is 2. The molecule has 0 saturated heterocycles. The molecule has 2 aromatic carbocycles. The van der Waals surface area contributed by atoms with Gasteiger partial charge < -0.3 is 14.6 Å². The maximum absolute atomic E-state index is 11.8. The summed E-state index contributed by atoms with van der Waals surface area (Å²) >= 11 is 0. The van der Waals surface area contributed by atoms with Crippen LogP contribution in [-0.4, -0.2) is 11.1 Å². The molecule has 0 atom stereocenters. The van der Waals surface area contributed by atoms with Crippen molar-refractivity contribution < 1.29 is 19.4 Å². The third-order valence-corrected chi connectivity index (χ3v) is 3.06. The van der Waals surface area contributed by atoms with Crippen LogP contribution in [0.4, 0.5) is 0 Å². The van der Waals surface area contributed by atoms with E-state index in [1.807, 2.05) is 60.7 Å². The highest BCUT2D eigenvalue weighted by atomic mass is 16.6.